The number of aromatic nitrogens is 7. The van der Waals surface area contributed by atoms with Gasteiger partial charge in [0, 0.05) is 43.8 Å². The van der Waals surface area contributed by atoms with E-state index >= 15 is 0 Å². The molecule has 1 aromatic carbocycles. The number of tetrazole rings is 1. The lowest BCUT2D eigenvalue weighted by Gasteiger charge is -2.16. The molecule has 0 radical (unpaired) electrons. The summed E-state index contributed by atoms with van der Waals surface area (Å²) in [4.78, 5) is 27.5. The van der Waals surface area contributed by atoms with Gasteiger partial charge in [-0.3, -0.25) is 9.48 Å². The Labute approximate surface area is 253 Å². The maximum Gasteiger partial charge on any atom is 0.256 e. The Morgan fingerprint density at radius 1 is 1.14 bits per heavy atom. The van der Waals surface area contributed by atoms with E-state index in [1.54, 1.807) is 36.3 Å². The highest BCUT2D eigenvalue weighted by Gasteiger charge is 2.22. The molecule has 1 fully saturated rings. The molecule has 12 nitrogen and oxygen atoms in total. The van der Waals surface area contributed by atoms with Crippen molar-refractivity contribution < 1.29 is 14.3 Å². The summed E-state index contributed by atoms with van der Waals surface area (Å²) in [6, 6.07) is 11.0. The zero-order valence-electron chi connectivity index (χ0n) is 25.9. The van der Waals surface area contributed by atoms with Gasteiger partial charge in [-0.2, -0.15) is 5.10 Å². The van der Waals surface area contributed by atoms with E-state index in [0.29, 0.717) is 23.6 Å². The van der Waals surface area contributed by atoms with Crippen LogP contribution in [0.4, 0.5) is 5.82 Å². The maximum absolute atomic E-state index is 12.6. The van der Waals surface area contributed by atoms with Gasteiger partial charge in [0.2, 0.25) is 5.82 Å². The number of rotatable bonds is 8. The number of carbonyl (C=O) groups excluding carboxylic acids is 2. The number of aryl methyl sites for hydroxylation is 2. The van der Waals surface area contributed by atoms with Gasteiger partial charge in [0.15, 0.2) is 6.23 Å². The van der Waals surface area contributed by atoms with E-state index in [1.165, 1.54) is 37.1 Å². The first-order valence-electron chi connectivity index (χ1n) is 14.6. The molecule has 230 valence electrons. The number of aldehydes is 1. The Morgan fingerprint density at radius 2 is 1.84 bits per heavy atom. The zero-order chi connectivity index (χ0) is 31.2. The van der Waals surface area contributed by atoms with Crippen molar-refractivity contribution >= 4 is 18.0 Å². The van der Waals surface area contributed by atoms with Crippen molar-refractivity contribution in [2.45, 2.75) is 59.6 Å². The van der Waals surface area contributed by atoms with Gasteiger partial charge in [0.25, 0.3) is 5.91 Å². The van der Waals surface area contributed by atoms with E-state index < -0.39 is 0 Å². The van der Waals surface area contributed by atoms with E-state index in [0.717, 1.165) is 28.7 Å². The minimum Gasteiger partial charge on any atom is -0.358 e. The average Bonchev–Trinajstić information content (AvgIpc) is 3.66. The summed E-state index contributed by atoms with van der Waals surface area (Å²) in [5.74, 6) is 0.946. The monoisotopic (exact) mass is 589 g/mol. The van der Waals surface area contributed by atoms with Gasteiger partial charge in [-0.15, -0.1) is 15.0 Å². The molecule has 4 heterocycles. The van der Waals surface area contributed by atoms with Gasteiger partial charge in [0.1, 0.15) is 17.8 Å². The second kappa shape index (κ2) is 17.0. The summed E-state index contributed by atoms with van der Waals surface area (Å²) in [7, 11) is 3.45. The Balaban J connectivity index is 0.000000432. The van der Waals surface area contributed by atoms with Crippen LogP contribution in [0.3, 0.4) is 0 Å². The van der Waals surface area contributed by atoms with Crippen molar-refractivity contribution in [2.75, 3.05) is 25.5 Å². The predicted octanol–water partition coefficient (Wildman–Crippen LogP) is 4.85. The van der Waals surface area contributed by atoms with Crippen LogP contribution in [0.15, 0.2) is 48.8 Å². The van der Waals surface area contributed by atoms with Crippen LogP contribution in [0.5, 0.6) is 0 Å². The van der Waals surface area contributed by atoms with Crippen LogP contribution in [0.2, 0.25) is 0 Å². The molecule has 1 amide bonds. The van der Waals surface area contributed by atoms with Crippen molar-refractivity contribution in [3.8, 4) is 22.6 Å². The van der Waals surface area contributed by atoms with Crippen molar-refractivity contribution in [3.63, 3.8) is 0 Å². The third kappa shape index (κ3) is 9.35. The van der Waals surface area contributed by atoms with Crippen molar-refractivity contribution in [1.29, 1.82) is 0 Å². The van der Waals surface area contributed by atoms with E-state index in [-0.39, 0.29) is 18.1 Å². The quantitative estimate of drug-likeness (QED) is 0.276. The number of amides is 1. The average molecular weight is 590 g/mol. The first-order chi connectivity index (χ1) is 20.8. The standard InChI is InChI=1S/C23H26N8O2.C5H11N.C3H6O/c1-14(2)23(33-5)31-28-21(27-29-31)19-18(13-25-30(19)4)16-8-10-17(11-9-16)22(32)26-20-15(3)7-6-12-24-20;1-2-4-6-5-3-1;1-2-3-4/h6-14,23H,1-5H3,(H,24,26,32);6H,1-5H2;3H,2H2,1H3. The second-order valence-electron chi connectivity index (χ2n) is 10.4. The molecule has 0 spiro atoms. The van der Waals surface area contributed by atoms with Crippen LogP contribution < -0.4 is 10.6 Å². The van der Waals surface area contributed by atoms with Gasteiger partial charge < -0.3 is 20.2 Å². The first kappa shape index (κ1) is 33.2. The summed E-state index contributed by atoms with van der Waals surface area (Å²) in [5.41, 5.74) is 3.87. The molecule has 2 N–H and O–H groups in total. The normalized spacial score (nSPS) is 13.3. The van der Waals surface area contributed by atoms with E-state index in [2.05, 4.69) is 36.1 Å². The van der Waals surface area contributed by atoms with Crippen molar-refractivity contribution in [2.24, 2.45) is 13.0 Å². The number of piperidine rings is 1. The fourth-order valence-electron chi connectivity index (χ4n) is 4.37. The first-order valence-corrected chi connectivity index (χ1v) is 14.6. The largest absolute Gasteiger partial charge is 0.358 e. The number of pyridine rings is 1. The van der Waals surface area contributed by atoms with E-state index in [4.69, 9.17) is 4.74 Å². The minimum absolute atomic E-state index is 0.177. The highest BCUT2D eigenvalue weighted by molar-refractivity contribution is 6.04. The van der Waals surface area contributed by atoms with Crippen molar-refractivity contribution in [1.82, 2.24) is 40.3 Å². The van der Waals surface area contributed by atoms with Crippen LogP contribution in [0, 0.1) is 12.8 Å². The molecule has 0 aliphatic carbocycles. The number of nitrogens with one attached hydrogen (secondary N) is 2. The molecule has 1 atom stereocenters. The molecule has 3 aromatic heterocycles. The van der Waals surface area contributed by atoms with Gasteiger partial charge in [0.05, 0.1) is 6.20 Å². The summed E-state index contributed by atoms with van der Waals surface area (Å²) >= 11 is 0. The summed E-state index contributed by atoms with van der Waals surface area (Å²) < 4.78 is 7.20. The number of methoxy groups -OCH3 is 1. The molecule has 1 aliphatic rings. The van der Waals surface area contributed by atoms with E-state index in [1.807, 2.05) is 59.0 Å². The number of hydrogen-bond acceptors (Lipinski definition) is 9. The number of anilines is 1. The molecular formula is C31H43N9O3. The lowest BCUT2D eigenvalue weighted by molar-refractivity contribution is -0.107. The molecule has 0 bridgehead atoms. The van der Waals surface area contributed by atoms with Crippen LogP contribution in [-0.2, 0) is 16.6 Å². The second-order valence-corrected chi connectivity index (χ2v) is 10.4. The number of nitrogens with zero attached hydrogens (tertiary/aromatic N) is 7. The van der Waals surface area contributed by atoms with Gasteiger partial charge in [-0.1, -0.05) is 45.4 Å². The van der Waals surface area contributed by atoms with Gasteiger partial charge >= 0.3 is 0 Å². The molecule has 4 aromatic rings. The molecule has 5 rings (SSSR count). The number of hydrogen-bond donors (Lipinski definition) is 2. The molecule has 1 unspecified atom stereocenters. The van der Waals surface area contributed by atoms with Gasteiger partial charge in [-0.25, -0.2) is 4.98 Å². The number of carbonyl (C=O) groups is 2. The van der Waals surface area contributed by atoms with Crippen molar-refractivity contribution in [3.05, 3.63) is 59.9 Å². The Bertz CT molecular complexity index is 1420. The fraction of sp³-hybridized carbons (Fsp3) is 0.452. The topological polar surface area (TPSA) is 142 Å². The van der Waals surface area contributed by atoms with Crippen LogP contribution in [-0.4, -0.2) is 67.4 Å². The lowest BCUT2D eigenvalue weighted by Crippen LogP contribution is -2.21. The Hall–Kier alpha value is -4.29. The molecule has 12 heteroatoms. The Morgan fingerprint density at radius 3 is 2.37 bits per heavy atom. The number of ether oxygens (including phenoxy) is 1. The summed E-state index contributed by atoms with van der Waals surface area (Å²) in [6.07, 6.45) is 8.81. The van der Waals surface area contributed by atoms with Crippen LogP contribution >= 0.6 is 0 Å². The van der Waals surface area contributed by atoms with Crippen LogP contribution in [0.1, 0.15) is 68.6 Å². The molecule has 1 saturated heterocycles. The highest BCUT2D eigenvalue weighted by atomic mass is 16.5. The van der Waals surface area contributed by atoms with Gasteiger partial charge in [-0.05, 0) is 67.4 Å². The molecular weight excluding hydrogens is 546 g/mol. The summed E-state index contributed by atoms with van der Waals surface area (Å²) in [5, 5.41) is 23.4. The maximum atomic E-state index is 12.6. The predicted molar refractivity (Wildman–Crippen MR) is 166 cm³/mol. The SMILES string of the molecule is C1CCNCC1.CCC=O.COC(C(C)C)n1nnc(-c2c(-c3ccc(C(=O)Nc4ncccc4C)cc3)cnn2C)n1. The fourth-order valence-corrected chi connectivity index (χ4v) is 4.37. The third-order valence-electron chi connectivity index (χ3n) is 6.69. The molecule has 1 aliphatic heterocycles. The molecule has 43 heavy (non-hydrogen) atoms. The lowest BCUT2D eigenvalue weighted by atomic mass is 10.0. The van der Waals surface area contributed by atoms with E-state index in [9.17, 15) is 9.59 Å². The Kier molecular flexibility index (Phi) is 13.1. The third-order valence-corrected chi connectivity index (χ3v) is 6.69. The molecule has 0 saturated carbocycles. The highest BCUT2D eigenvalue weighted by Crippen LogP contribution is 2.30. The smallest absolute Gasteiger partial charge is 0.256 e. The summed E-state index contributed by atoms with van der Waals surface area (Å²) in [6.45, 7) is 10.3. The zero-order valence-corrected chi connectivity index (χ0v) is 25.9. The number of benzene rings is 1. The minimum atomic E-state index is -0.316. The van der Waals surface area contributed by atoms with Crippen LogP contribution in [0.25, 0.3) is 22.6 Å².